The number of hydrazine groups is 1. The standard InChI is InChI=1S/C26H25N3O3/c1-15-13-20(17(3)28-22-12-8-7-11-19(22)26(31)29-27)25-21(14-15)23(30)16(2)24(32-25)18-9-5-4-6-10-18/h4-14,17,28H,27H2,1-3H3,(H,29,31)/t17-/m1/s1. The van der Waals surface area contributed by atoms with E-state index < -0.39 is 0 Å². The predicted octanol–water partition coefficient (Wildman–Crippen LogP) is 4.85. The summed E-state index contributed by atoms with van der Waals surface area (Å²) >= 11 is 0. The fourth-order valence-electron chi connectivity index (χ4n) is 3.95. The molecule has 0 aliphatic heterocycles. The van der Waals surface area contributed by atoms with Gasteiger partial charge in [0.1, 0.15) is 11.3 Å². The first-order valence-corrected chi connectivity index (χ1v) is 10.4. The van der Waals surface area contributed by atoms with Crippen molar-refractivity contribution in [3.05, 3.63) is 99.2 Å². The summed E-state index contributed by atoms with van der Waals surface area (Å²) in [5, 5.41) is 3.92. The van der Waals surface area contributed by atoms with Crippen molar-refractivity contribution in [2.75, 3.05) is 5.32 Å². The van der Waals surface area contributed by atoms with Crippen LogP contribution in [0.4, 0.5) is 5.69 Å². The van der Waals surface area contributed by atoms with E-state index >= 15 is 0 Å². The van der Waals surface area contributed by atoms with Crippen molar-refractivity contribution in [3.8, 4) is 11.3 Å². The number of nitrogens with one attached hydrogen (secondary N) is 2. The third-order valence-electron chi connectivity index (χ3n) is 5.57. The van der Waals surface area contributed by atoms with Crippen molar-refractivity contribution in [3.63, 3.8) is 0 Å². The van der Waals surface area contributed by atoms with Gasteiger partial charge in [-0.05, 0) is 44.5 Å². The van der Waals surface area contributed by atoms with E-state index in [9.17, 15) is 9.59 Å². The molecule has 1 atom stereocenters. The highest BCUT2D eigenvalue weighted by molar-refractivity contribution is 5.99. The van der Waals surface area contributed by atoms with Crippen LogP contribution in [0.3, 0.4) is 0 Å². The lowest BCUT2D eigenvalue weighted by Crippen LogP contribution is -2.30. The number of anilines is 1. The summed E-state index contributed by atoms with van der Waals surface area (Å²) in [7, 11) is 0. The first-order valence-electron chi connectivity index (χ1n) is 10.4. The first-order chi connectivity index (χ1) is 15.4. The molecule has 3 aromatic carbocycles. The third kappa shape index (κ3) is 3.88. The summed E-state index contributed by atoms with van der Waals surface area (Å²) in [5.74, 6) is 5.51. The van der Waals surface area contributed by atoms with Gasteiger partial charge in [0.2, 0.25) is 0 Å². The topological polar surface area (TPSA) is 97.4 Å². The van der Waals surface area contributed by atoms with Crippen LogP contribution in [0.15, 0.2) is 75.9 Å². The Morgan fingerprint density at radius 3 is 2.41 bits per heavy atom. The highest BCUT2D eigenvalue weighted by Gasteiger charge is 2.20. The van der Waals surface area contributed by atoms with E-state index in [0.29, 0.717) is 33.5 Å². The maximum Gasteiger partial charge on any atom is 0.267 e. The van der Waals surface area contributed by atoms with Crippen LogP contribution in [0.5, 0.6) is 0 Å². The fourth-order valence-corrected chi connectivity index (χ4v) is 3.95. The molecule has 4 rings (SSSR count). The normalized spacial score (nSPS) is 11.9. The lowest BCUT2D eigenvalue weighted by atomic mass is 9.98. The summed E-state index contributed by atoms with van der Waals surface area (Å²) in [5.41, 5.74) is 6.93. The van der Waals surface area contributed by atoms with E-state index in [2.05, 4.69) is 10.7 Å². The van der Waals surface area contributed by atoms with E-state index in [4.69, 9.17) is 10.3 Å². The second-order valence-corrected chi connectivity index (χ2v) is 7.87. The molecule has 0 bridgehead atoms. The number of aryl methyl sites for hydroxylation is 1. The van der Waals surface area contributed by atoms with Crippen molar-refractivity contribution < 1.29 is 9.21 Å². The van der Waals surface area contributed by atoms with Gasteiger partial charge >= 0.3 is 0 Å². The van der Waals surface area contributed by atoms with Gasteiger partial charge in [0.05, 0.1) is 17.0 Å². The molecule has 0 saturated carbocycles. The van der Waals surface area contributed by atoms with Crippen LogP contribution in [-0.2, 0) is 0 Å². The Morgan fingerprint density at radius 1 is 1.00 bits per heavy atom. The molecule has 0 fully saturated rings. The number of fused-ring (bicyclic) bond motifs is 1. The zero-order valence-electron chi connectivity index (χ0n) is 18.2. The number of nitrogens with two attached hydrogens (primary N) is 1. The molecule has 4 N–H and O–H groups in total. The summed E-state index contributed by atoms with van der Waals surface area (Å²) < 4.78 is 6.36. The van der Waals surface area contributed by atoms with E-state index in [0.717, 1.165) is 16.7 Å². The molecule has 1 amide bonds. The van der Waals surface area contributed by atoms with E-state index in [1.807, 2.05) is 68.4 Å². The quantitative estimate of drug-likeness (QED) is 0.240. The Hall–Kier alpha value is -3.90. The van der Waals surface area contributed by atoms with Gasteiger partial charge in [-0.15, -0.1) is 0 Å². The van der Waals surface area contributed by atoms with Gasteiger partial charge in [0, 0.05) is 22.4 Å². The number of benzene rings is 3. The van der Waals surface area contributed by atoms with Gasteiger partial charge in [0.15, 0.2) is 5.43 Å². The summed E-state index contributed by atoms with van der Waals surface area (Å²) in [6, 6.07) is 20.3. The van der Waals surface area contributed by atoms with Crippen molar-refractivity contribution in [1.82, 2.24) is 5.43 Å². The molecule has 1 heterocycles. The van der Waals surface area contributed by atoms with Crippen LogP contribution in [0.25, 0.3) is 22.3 Å². The molecule has 0 spiro atoms. The average molecular weight is 428 g/mol. The monoisotopic (exact) mass is 427 g/mol. The molecule has 0 aliphatic rings. The lowest BCUT2D eigenvalue weighted by molar-refractivity contribution is 0.0954. The van der Waals surface area contributed by atoms with E-state index in [-0.39, 0.29) is 17.4 Å². The molecule has 162 valence electrons. The number of amides is 1. The van der Waals surface area contributed by atoms with Crippen LogP contribution >= 0.6 is 0 Å². The molecule has 32 heavy (non-hydrogen) atoms. The molecule has 6 nitrogen and oxygen atoms in total. The SMILES string of the molecule is Cc1cc([C@@H](C)Nc2ccccc2C(=O)NN)c2oc(-c3ccccc3)c(C)c(=O)c2c1. The first kappa shape index (κ1) is 21.3. The van der Waals surface area contributed by atoms with Crippen LogP contribution in [-0.4, -0.2) is 5.91 Å². The smallest absolute Gasteiger partial charge is 0.267 e. The number of carbonyl (C=O) groups excluding carboxylic acids is 1. The summed E-state index contributed by atoms with van der Waals surface area (Å²) in [6.07, 6.45) is 0. The molecule has 0 unspecified atom stereocenters. The summed E-state index contributed by atoms with van der Waals surface area (Å²) in [6.45, 7) is 5.71. The molecule has 0 radical (unpaired) electrons. The number of hydrogen-bond acceptors (Lipinski definition) is 5. The number of hydrogen-bond donors (Lipinski definition) is 3. The largest absolute Gasteiger partial charge is 0.455 e. The van der Waals surface area contributed by atoms with Crippen LogP contribution in [0, 0.1) is 13.8 Å². The molecular formula is C26H25N3O3. The minimum absolute atomic E-state index is 0.0508. The maximum absolute atomic E-state index is 13.2. The van der Waals surface area contributed by atoms with Crippen LogP contribution in [0.2, 0.25) is 0 Å². The number of nitrogen functional groups attached to an aromatic ring is 1. The second-order valence-electron chi connectivity index (χ2n) is 7.87. The average Bonchev–Trinajstić information content (AvgIpc) is 2.81. The Labute approximate surface area is 186 Å². The maximum atomic E-state index is 13.2. The number of para-hydroxylation sites is 1. The van der Waals surface area contributed by atoms with Gasteiger partial charge in [-0.2, -0.15) is 0 Å². The minimum Gasteiger partial charge on any atom is -0.455 e. The molecular weight excluding hydrogens is 402 g/mol. The molecule has 0 saturated heterocycles. The Balaban J connectivity index is 1.87. The Morgan fingerprint density at radius 2 is 1.69 bits per heavy atom. The van der Waals surface area contributed by atoms with Gasteiger partial charge in [-0.3, -0.25) is 15.0 Å². The van der Waals surface area contributed by atoms with Crippen LogP contribution < -0.4 is 22.0 Å². The van der Waals surface area contributed by atoms with Crippen LogP contribution in [0.1, 0.15) is 40.0 Å². The lowest BCUT2D eigenvalue weighted by Gasteiger charge is -2.20. The zero-order valence-corrected chi connectivity index (χ0v) is 18.2. The second kappa shape index (κ2) is 8.69. The Bertz CT molecular complexity index is 1360. The van der Waals surface area contributed by atoms with E-state index in [1.165, 1.54) is 0 Å². The summed E-state index contributed by atoms with van der Waals surface area (Å²) in [4.78, 5) is 25.4. The van der Waals surface area contributed by atoms with Gasteiger partial charge in [0.25, 0.3) is 5.91 Å². The zero-order chi connectivity index (χ0) is 22.8. The third-order valence-corrected chi connectivity index (χ3v) is 5.57. The van der Waals surface area contributed by atoms with Crippen molar-refractivity contribution in [2.24, 2.45) is 5.84 Å². The van der Waals surface area contributed by atoms with Gasteiger partial charge in [-0.25, -0.2) is 5.84 Å². The van der Waals surface area contributed by atoms with Crippen molar-refractivity contribution in [1.29, 1.82) is 0 Å². The molecule has 1 aromatic heterocycles. The predicted molar refractivity (Wildman–Crippen MR) is 128 cm³/mol. The highest BCUT2D eigenvalue weighted by atomic mass is 16.3. The molecule has 6 heteroatoms. The molecule has 0 aliphatic carbocycles. The fraction of sp³-hybridized carbons (Fsp3) is 0.154. The van der Waals surface area contributed by atoms with Gasteiger partial charge in [-0.1, -0.05) is 48.5 Å². The van der Waals surface area contributed by atoms with Crippen molar-refractivity contribution >= 4 is 22.6 Å². The number of rotatable bonds is 5. The molecule has 4 aromatic rings. The van der Waals surface area contributed by atoms with Gasteiger partial charge < -0.3 is 9.73 Å². The highest BCUT2D eigenvalue weighted by Crippen LogP contribution is 2.32. The Kier molecular flexibility index (Phi) is 5.79. The van der Waals surface area contributed by atoms with Crippen molar-refractivity contribution in [2.45, 2.75) is 26.8 Å². The number of carbonyl (C=O) groups is 1. The van der Waals surface area contributed by atoms with E-state index in [1.54, 1.807) is 19.1 Å². The minimum atomic E-state index is -0.386.